The van der Waals surface area contributed by atoms with Crippen LogP contribution >= 0.6 is 11.6 Å². The molecular formula is C32H33ClN6O4. The van der Waals surface area contributed by atoms with E-state index in [9.17, 15) is 14.7 Å². The number of carboxylic acid groups (broad SMARTS) is 1. The smallest absolute Gasteiger partial charge is 0.407 e. The Kier molecular flexibility index (Phi) is 8.77. The van der Waals surface area contributed by atoms with Gasteiger partial charge in [0, 0.05) is 41.6 Å². The normalized spacial score (nSPS) is 16.2. The fourth-order valence-electron chi connectivity index (χ4n) is 5.08. The van der Waals surface area contributed by atoms with E-state index in [0.29, 0.717) is 64.9 Å². The van der Waals surface area contributed by atoms with Crippen LogP contribution in [0.1, 0.15) is 39.3 Å². The van der Waals surface area contributed by atoms with E-state index < -0.39 is 6.09 Å². The number of anilines is 3. The first kappa shape index (κ1) is 29.8. The van der Waals surface area contributed by atoms with Crippen molar-refractivity contribution < 1.29 is 19.4 Å². The predicted molar refractivity (Wildman–Crippen MR) is 167 cm³/mol. The summed E-state index contributed by atoms with van der Waals surface area (Å²) in [4.78, 5) is 39.2. The topological polar surface area (TPSA) is 130 Å². The quantitative estimate of drug-likeness (QED) is 0.192. The Balaban J connectivity index is 1.29. The lowest BCUT2D eigenvalue weighted by Gasteiger charge is -2.42. The fraction of sp³-hybridized carbons (Fsp3) is 0.281. The molecule has 2 aromatic carbocycles. The van der Waals surface area contributed by atoms with Crippen LogP contribution in [0, 0.1) is 5.41 Å². The molecule has 1 unspecified atom stereocenters. The maximum atomic E-state index is 13.0. The minimum atomic E-state index is -0.932. The van der Waals surface area contributed by atoms with Crippen LogP contribution in [0.5, 0.6) is 5.75 Å². The number of nitrogens with one attached hydrogen (secondary N) is 2. The average molecular weight is 601 g/mol. The largest absolute Gasteiger partial charge is 0.486 e. The zero-order chi connectivity index (χ0) is 30.6. The SMILES string of the molecule is CC(C)(C)C1CC(=CC(=O)Nc2ccc3ncnc(Nc4ccc(OCc5ccccn5)c(Cl)c4)c3c2)CCN1C(=O)O. The fourth-order valence-corrected chi connectivity index (χ4v) is 5.31. The highest BCUT2D eigenvalue weighted by Gasteiger charge is 2.36. The lowest BCUT2D eigenvalue weighted by atomic mass is 9.79. The molecule has 1 fully saturated rings. The van der Waals surface area contributed by atoms with Crippen molar-refractivity contribution in [3.05, 3.63) is 89.5 Å². The first-order chi connectivity index (χ1) is 20.6. The van der Waals surface area contributed by atoms with Crippen molar-refractivity contribution in [2.75, 3.05) is 17.2 Å². The summed E-state index contributed by atoms with van der Waals surface area (Å²) in [5, 5.41) is 17.0. The summed E-state index contributed by atoms with van der Waals surface area (Å²) in [5.74, 6) is 0.809. The molecule has 0 spiro atoms. The summed E-state index contributed by atoms with van der Waals surface area (Å²) in [5.41, 5.74) is 3.45. The van der Waals surface area contributed by atoms with Crippen molar-refractivity contribution in [1.82, 2.24) is 19.9 Å². The van der Waals surface area contributed by atoms with Gasteiger partial charge >= 0.3 is 6.09 Å². The number of piperidine rings is 1. The monoisotopic (exact) mass is 600 g/mol. The second-order valence-electron chi connectivity index (χ2n) is 11.4. The van der Waals surface area contributed by atoms with Crippen LogP contribution in [0.4, 0.5) is 22.0 Å². The van der Waals surface area contributed by atoms with Crippen molar-refractivity contribution >= 4 is 51.7 Å². The molecule has 4 aromatic rings. The highest BCUT2D eigenvalue weighted by molar-refractivity contribution is 6.32. The number of aromatic nitrogens is 3. The molecule has 11 heteroatoms. The molecule has 0 aliphatic carbocycles. The van der Waals surface area contributed by atoms with Gasteiger partial charge in [-0.15, -0.1) is 0 Å². The number of likely N-dealkylation sites (tertiary alicyclic amines) is 1. The Labute approximate surface area is 254 Å². The highest BCUT2D eigenvalue weighted by Crippen LogP contribution is 2.35. The van der Waals surface area contributed by atoms with Crippen LogP contribution in [0.25, 0.3) is 10.9 Å². The molecule has 0 saturated carbocycles. The van der Waals surface area contributed by atoms with E-state index in [2.05, 4.69) is 25.6 Å². The third-order valence-corrected chi connectivity index (χ3v) is 7.58. The second-order valence-corrected chi connectivity index (χ2v) is 11.8. The van der Waals surface area contributed by atoms with Gasteiger partial charge in [-0.05, 0) is 66.8 Å². The maximum absolute atomic E-state index is 13.0. The zero-order valence-electron chi connectivity index (χ0n) is 24.2. The minimum absolute atomic E-state index is 0.209. The Morgan fingerprint density at radius 1 is 1.09 bits per heavy atom. The Morgan fingerprint density at radius 2 is 1.91 bits per heavy atom. The molecule has 2 aromatic heterocycles. The van der Waals surface area contributed by atoms with Gasteiger partial charge in [-0.2, -0.15) is 0 Å². The molecule has 43 heavy (non-hydrogen) atoms. The Bertz CT molecular complexity index is 1670. The summed E-state index contributed by atoms with van der Waals surface area (Å²) in [7, 11) is 0. The third kappa shape index (κ3) is 7.39. The molecular weight excluding hydrogens is 568 g/mol. The molecule has 0 radical (unpaired) electrons. The maximum Gasteiger partial charge on any atom is 0.407 e. The third-order valence-electron chi connectivity index (χ3n) is 7.29. The summed E-state index contributed by atoms with van der Waals surface area (Å²) < 4.78 is 5.82. The summed E-state index contributed by atoms with van der Waals surface area (Å²) >= 11 is 6.50. The van der Waals surface area contributed by atoms with Gasteiger partial charge in [0.05, 0.1) is 16.2 Å². The van der Waals surface area contributed by atoms with Crippen LogP contribution in [0.15, 0.2) is 78.8 Å². The number of ether oxygens (including phenoxy) is 1. The number of hydrogen-bond donors (Lipinski definition) is 3. The van der Waals surface area contributed by atoms with Crippen LogP contribution < -0.4 is 15.4 Å². The molecule has 1 aliphatic rings. The molecule has 1 aliphatic heterocycles. The number of amides is 2. The van der Waals surface area contributed by atoms with E-state index in [1.165, 1.54) is 11.2 Å². The van der Waals surface area contributed by atoms with Gasteiger partial charge in [0.25, 0.3) is 0 Å². The molecule has 3 N–H and O–H groups in total. The van der Waals surface area contributed by atoms with Crippen LogP contribution in [-0.4, -0.2) is 49.5 Å². The Morgan fingerprint density at radius 3 is 2.63 bits per heavy atom. The molecule has 3 heterocycles. The van der Waals surface area contributed by atoms with Crippen molar-refractivity contribution in [1.29, 1.82) is 0 Å². The number of benzene rings is 2. The number of rotatable bonds is 7. The number of carbonyl (C=O) groups excluding carboxylic acids is 1. The van der Waals surface area contributed by atoms with Crippen molar-refractivity contribution in [3.63, 3.8) is 0 Å². The Hall–Kier alpha value is -4.70. The summed E-state index contributed by atoms with van der Waals surface area (Å²) in [6, 6.07) is 16.2. The molecule has 10 nitrogen and oxygen atoms in total. The molecule has 1 atom stereocenters. The van der Waals surface area contributed by atoms with E-state index >= 15 is 0 Å². The molecule has 5 rings (SSSR count). The average Bonchev–Trinajstić information content (AvgIpc) is 2.97. The van der Waals surface area contributed by atoms with Crippen molar-refractivity contribution in [2.24, 2.45) is 5.41 Å². The van der Waals surface area contributed by atoms with Crippen LogP contribution in [0.3, 0.4) is 0 Å². The van der Waals surface area contributed by atoms with Gasteiger partial charge in [-0.3, -0.25) is 9.78 Å². The first-order valence-corrected chi connectivity index (χ1v) is 14.3. The zero-order valence-corrected chi connectivity index (χ0v) is 24.9. The van der Waals surface area contributed by atoms with E-state index in [-0.39, 0.29) is 17.4 Å². The predicted octanol–water partition coefficient (Wildman–Crippen LogP) is 7.05. The lowest BCUT2D eigenvalue weighted by molar-refractivity contribution is -0.112. The summed E-state index contributed by atoms with van der Waals surface area (Å²) in [6.07, 6.45) is 4.86. The number of pyridine rings is 1. The molecule has 2 amide bonds. The number of hydrogen-bond acceptors (Lipinski definition) is 7. The van der Waals surface area contributed by atoms with E-state index in [0.717, 1.165) is 11.3 Å². The lowest BCUT2D eigenvalue weighted by Crippen LogP contribution is -2.50. The first-order valence-electron chi connectivity index (χ1n) is 13.9. The van der Waals surface area contributed by atoms with Gasteiger partial charge in [0.1, 0.15) is 24.5 Å². The molecule has 0 bridgehead atoms. The molecule has 1 saturated heterocycles. The number of halogens is 1. The van der Waals surface area contributed by atoms with E-state index in [4.69, 9.17) is 16.3 Å². The summed E-state index contributed by atoms with van der Waals surface area (Å²) in [6.45, 7) is 6.70. The van der Waals surface area contributed by atoms with E-state index in [1.807, 2.05) is 57.2 Å². The molecule has 222 valence electrons. The second kappa shape index (κ2) is 12.7. The minimum Gasteiger partial charge on any atom is -0.486 e. The van der Waals surface area contributed by atoms with Crippen LogP contribution in [-0.2, 0) is 11.4 Å². The van der Waals surface area contributed by atoms with Gasteiger partial charge < -0.3 is 25.4 Å². The van der Waals surface area contributed by atoms with Crippen molar-refractivity contribution in [2.45, 2.75) is 46.3 Å². The van der Waals surface area contributed by atoms with E-state index in [1.54, 1.807) is 30.5 Å². The number of nitrogens with zero attached hydrogens (tertiary/aromatic N) is 4. The van der Waals surface area contributed by atoms with Gasteiger partial charge in [0.2, 0.25) is 5.91 Å². The van der Waals surface area contributed by atoms with Gasteiger partial charge in [-0.25, -0.2) is 14.8 Å². The van der Waals surface area contributed by atoms with Gasteiger partial charge in [0.15, 0.2) is 0 Å². The number of fused-ring (bicyclic) bond motifs is 1. The highest BCUT2D eigenvalue weighted by atomic mass is 35.5. The van der Waals surface area contributed by atoms with Gasteiger partial charge in [-0.1, -0.05) is 44.0 Å². The van der Waals surface area contributed by atoms with Crippen molar-refractivity contribution in [3.8, 4) is 5.75 Å². The van der Waals surface area contributed by atoms with Crippen LogP contribution in [0.2, 0.25) is 5.02 Å². The standard InChI is InChI=1S/C32H33ClN6O4/c1-32(2,3)28-14-20(11-13-39(28)31(41)42)15-29(40)37-21-7-9-26-24(16-21)30(36-19-35-26)38-22-8-10-27(25(33)17-22)43-18-23-6-4-5-12-34-23/h4-10,12,15-17,19,28H,11,13-14,18H2,1-3H3,(H,37,40)(H,41,42)(H,35,36,38). The number of carbonyl (C=O) groups is 2.